The number of alkyl halides is 1. The third-order valence-corrected chi connectivity index (χ3v) is 4.67. The largest absolute Gasteiger partial charge is 0.493 e. The fourth-order valence-electron chi connectivity index (χ4n) is 1.82. The Kier molecular flexibility index (Phi) is 6.85. The first-order chi connectivity index (χ1) is 10.6. The summed E-state index contributed by atoms with van der Waals surface area (Å²) < 4.78 is 11.6. The second-order valence-electron chi connectivity index (χ2n) is 4.43. The van der Waals surface area contributed by atoms with Gasteiger partial charge in [-0.3, -0.25) is 4.79 Å². The highest BCUT2D eigenvalue weighted by Crippen LogP contribution is 2.37. The van der Waals surface area contributed by atoms with Gasteiger partial charge in [0.2, 0.25) is 0 Å². The lowest BCUT2D eigenvalue weighted by Crippen LogP contribution is -2.02. The molecule has 6 heteroatoms. The zero-order valence-electron chi connectivity index (χ0n) is 11.8. The Hall–Kier alpha value is -0.920. The predicted octanol–water partition coefficient (Wildman–Crippen LogP) is 4.95. The number of halogens is 2. The van der Waals surface area contributed by atoms with Gasteiger partial charge in [-0.15, -0.1) is 11.6 Å². The average molecular weight is 449 g/mol. The summed E-state index contributed by atoms with van der Waals surface area (Å²) >= 11 is 9.59. The van der Waals surface area contributed by atoms with Crippen LogP contribution in [0.4, 0.5) is 0 Å². The first-order valence-corrected chi connectivity index (χ1v) is 8.80. The van der Waals surface area contributed by atoms with Crippen LogP contribution >= 0.6 is 46.2 Å². The SMILES string of the molecule is COc1cc(C=O)cc(I)c1OSC(Cl)Cc1ccccc1. The smallest absolute Gasteiger partial charge is 0.192 e. The van der Waals surface area contributed by atoms with Gasteiger partial charge in [-0.1, -0.05) is 30.3 Å². The Bertz CT molecular complexity index is 637. The van der Waals surface area contributed by atoms with Crippen molar-refractivity contribution in [3.8, 4) is 11.5 Å². The molecule has 22 heavy (non-hydrogen) atoms. The highest BCUT2D eigenvalue weighted by molar-refractivity contribution is 14.1. The van der Waals surface area contributed by atoms with Crippen LogP contribution in [0.25, 0.3) is 0 Å². The lowest BCUT2D eigenvalue weighted by molar-refractivity contribution is 0.112. The summed E-state index contributed by atoms with van der Waals surface area (Å²) in [6.45, 7) is 0. The Morgan fingerprint density at radius 3 is 2.68 bits per heavy atom. The second-order valence-corrected chi connectivity index (χ2v) is 7.31. The number of carbonyl (C=O) groups is 1. The summed E-state index contributed by atoms with van der Waals surface area (Å²) in [5, 5.41) is 0. The van der Waals surface area contributed by atoms with Crippen LogP contribution in [-0.4, -0.2) is 18.1 Å². The van der Waals surface area contributed by atoms with Gasteiger partial charge in [-0.25, -0.2) is 0 Å². The Morgan fingerprint density at radius 2 is 2.05 bits per heavy atom. The van der Waals surface area contributed by atoms with E-state index >= 15 is 0 Å². The molecule has 116 valence electrons. The first-order valence-electron chi connectivity index (χ1n) is 6.48. The van der Waals surface area contributed by atoms with E-state index in [1.54, 1.807) is 19.2 Å². The maximum absolute atomic E-state index is 10.9. The highest BCUT2D eigenvalue weighted by atomic mass is 127. The summed E-state index contributed by atoms with van der Waals surface area (Å²) in [7, 11) is 1.54. The van der Waals surface area contributed by atoms with Crippen molar-refractivity contribution in [2.45, 2.75) is 11.1 Å². The van der Waals surface area contributed by atoms with Crippen molar-refractivity contribution in [2.24, 2.45) is 0 Å². The monoisotopic (exact) mass is 448 g/mol. The maximum Gasteiger partial charge on any atom is 0.192 e. The van der Waals surface area contributed by atoms with E-state index < -0.39 is 0 Å². The van der Waals surface area contributed by atoms with Crippen molar-refractivity contribution in [1.29, 1.82) is 0 Å². The number of methoxy groups -OCH3 is 1. The van der Waals surface area contributed by atoms with Crippen molar-refractivity contribution in [3.05, 3.63) is 57.2 Å². The van der Waals surface area contributed by atoms with E-state index in [-0.39, 0.29) is 4.71 Å². The molecule has 0 bridgehead atoms. The Morgan fingerprint density at radius 1 is 1.32 bits per heavy atom. The molecule has 0 amide bonds. The number of benzene rings is 2. The van der Waals surface area contributed by atoms with Gasteiger partial charge in [0.25, 0.3) is 0 Å². The van der Waals surface area contributed by atoms with Crippen LogP contribution in [0.3, 0.4) is 0 Å². The van der Waals surface area contributed by atoms with Gasteiger partial charge < -0.3 is 8.92 Å². The molecule has 1 atom stereocenters. The molecule has 0 heterocycles. The molecule has 0 aliphatic carbocycles. The topological polar surface area (TPSA) is 35.5 Å². The summed E-state index contributed by atoms with van der Waals surface area (Å²) in [5.41, 5.74) is 1.70. The van der Waals surface area contributed by atoms with Gasteiger partial charge in [-0.05, 0) is 40.3 Å². The van der Waals surface area contributed by atoms with Gasteiger partial charge in [0, 0.05) is 12.0 Å². The van der Waals surface area contributed by atoms with Crippen molar-refractivity contribution in [1.82, 2.24) is 0 Å². The van der Waals surface area contributed by atoms with E-state index in [4.69, 9.17) is 20.5 Å². The van der Waals surface area contributed by atoms with E-state index in [0.29, 0.717) is 23.5 Å². The number of rotatable bonds is 7. The van der Waals surface area contributed by atoms with Crippen molar-refractivity contribution >= 4 is 52.5 Å². The van der Waals surface area contributed by atoms with Gasteiger partial charge in [-0.2, -0.15) is 0 Å². The zero-order valence-corrected chi connectivity index (χ0v) is 15.5. The van der Waals surface area contributed by atoms with E-state index in [1.807, 2.05) is 30.3 Å². The molecule has 0 saturated heterocycles. The fourth-order valence-corrected chi connectivity index (χ4v) is 3.63. The fraction of sp³-hybridized carbons (Fsp3) is 0.188. The van der Waals surface area contributed by atoms with Crippen molar-refractivity contribution in [3.63, 3.8) is 0 Å². The maximum atomic E-state index is 10.9. The van der Waals surface area contributed by atoms with Crippen molar-refractivity contribution < 1.29 is 13.7 Å². The minimum atomic E-state index is -0.228. The standard InChI is InChI=1S/C16H14ClIO3S/c1-20-14-8-12(10-19)7-13(18)16(14)21-22-15(17)9-11-5-3-2-4-6-11/h2-8,10,15H,9H2,1H3. The van der Waals surface area contributed by atoms with Crippen LogP contribution in [0.1, 0.15) is 15.9 Å². The molecule has 2 aromatic carbocycles. The highest BCUT2D eigenvalue weighted by Gasteiger charge is 2.15. The van der Waals surface area contributed by atoms with Crippen LogP contribution in [0.5, 0.6) is 11.5 Å². The molecule has 2 rings (SSSR count). The number of carbonyl (C=O) groups excluding carboxylic acids is 1. The molecule has 0 saturated carbocycles. The molecule has 0 aliphatic heterocycles. The molecular weight excluding hydrogens is 435 g/mol. The minimum absolute atomic E-state index is 0.228. The van der Waals surface area contributed by atoms with Crippen LogP contribution in [0.2, 0.25) is 0 Å². The van der Waals surface area contributed by atoms with E-state index in [1.165, 1.54) is 12.0 Å². The second kappa shape index (κ2) is 8.64. The van der Waals surface area contributed by atoms with Crippen LogP contribution in [-0.2, 0) is 6.42 Å². The number of ether oxygens (including phenoxy) is 1. The third-order valence-electron chi connectivity index (χ3n) is 2.86. The summed E-state index contributed by atoms with van der Waals surface area (Å²) in [4.78, 5) is 10.9. The average Bonchev–Trinajstić information content (AvgIpc) is 2.53. The minimum Gasteiger partial charge on any atom is -0.493 e. The quantitative estimate of drug-likeness (QED) is 0.260. The molecule has 0 aromatic heterocycles. The van der Waals surface area contributed by atoms with Gasteiger partial charge in [0.15, 0.2) is 11.5 Å². The van der Waals surface area contributed by atoms with Crippen LogP contribution in [0.15, 0.2) is 42.5 Å². The van der Waals surface area contributed by atoms with E-state index in [9.17, 15) is 4.79 Å². The number of aldehydes is 1. The van der Waals surface area contributed by atoms with Gasteiger partial charge in [0.05, 0.1) is 22.7 Å². The molecule has 0 N–H and O–H groups in total. The molecular formula is C16H14ClIO3S. The Labute approximate surface area is 152 Å². The number of hydrogen-bond donors (Lipinski definition) is 0. The van der Waals surface area contributed by atoms with Crippen LogP contribution < -0.4 is 8.92 Å². The normalized spacial score (nSPS) is 11.8. The van der Waals surface area contributed by atoms with Crippen LogP contribution in [0, 0.1) is 3.57 Å². The molecule has 2 aromatic rings. The molecule has 0 fully saturated rings. The molecule has 0 aliphatic rings. The van der Waals surface area contributed by atoms with Gasteiger partial charge in [0.1, 0.15) is 11.0 Å². The third kappa shape index (κ3) is 4.79. The van der Waals surface area contributed by atoms with E-state index in [2.05, 4.69) is 22.6 Å². The zero-order chi connectivity index (χ0) is 15.9. The lowest BCUT2D eigenvalue weighted by Gasteiger charge is -2.14. The summed E-state index contributed by atoms with van der Waals surface area (Å²) in [5.74, 6) is 1.10. The summed E-state index contributed by atoms with van der Waals surface area (Å²) in [6, 6.07) is 13.4. The first kappa shape index (κ1) is 17.4. The van der Waals surface area contributed by atoms with E-state index in [0.717, 1.165) is 15.4 Å². The lowest BCUT2D eigenvalue weighted by atomic mass is 10.2. The molecule has 1 unspecified atom stereocenters. The Balaban J connectivity index is 2.03. The summed E-state index contributed by atoms with van der Waals surface area (Å²) in [6.07, 6.45) is 1.47. The van der Waals surface area contributed by atoms with Crippen molar-refractivity contribution in [2.75, 3.05) is 7.11 Å². The molecule has 0 spiro atoms. The molecule has 0 radical (unpaired) electrons. The number of hydrogen-bond acceptors (Lipinski definition) is 4. The van der Waals surface area contributed by atoms with Gasteiger partial charge >= 0.3 is 0 Å². The molecule has 3 nitrogen and oxygen atoms in total. The predicted molar refractivity (Wildman–Crippen MR) is 99.1 cm³/mol.